The second kappa shape index (κ2) is 5.09. The summed E-state index contributed by atoms with van der Waals surface area (Å²) in [5.74, 6) is 0.464. The number of carbonyl (C=O) groups excluding carboxylic acids is 2. The van der Waals surface area contributed by atoms with E-state index >= 15 is 0 Å². The van der Waals surface area contributed by atoms with E-state index in [2.05, 4.69) is 10.6 Å². The molecule has 1 fully saturated rings. The Bertz CT molecular complexity index is 433. The van der Waals surface area contributed by atoms with Crippen LogP contribution >= 0.6 is 11.8 Å². The molecule has 1 heterocycles. The van der Waals surface area contributed by atoms with E-state index in [1.807, 2.05) is 31.2 Å². The van der Waals surface area contributed by atoms with Crippen LogP contribution in [0.4, 0.5) is 10.5 Å². The van der Waals surface area contributed by atoms with Crippen molar-refractivity contribution in [3.63, 3.8) is 0 Å². The van der Waals surface area contributed by atoms with E-state index in [0.29, 0.717) is 6.61 Å². The Kier molecular flexibility index (Phi) is 3.53. The maximum absolute atomic E-state index is 11.3. The third kappa shape index (κ3) is 2.91. The topological polar surface area (TPSA) is 67.4 Å². The number of hydrogen-bond acceptors (Lipinski definition) is 5. The third-order valence-electron chi connectivity index (χ3n) is 2.15. The lowest BCUT2D eigenvalue weighted by molar-refractivity contribution is -0.118. The normalized spacial score (nSPS) is 19.0. The van der Waals surface area contributed by atoms with Gasteiger partial charge in [0, 0.05) is 5.69 Å². The molecule has 1 aliphatic heterocycles. The van der Waals surface area contributed by atoms with Gasteiger partial charge >= 0.3 is 0 Å². The fourth-order valence-electron chi connectivity index (χ4n) is 1.42. The van der Waals surface area contributed by atoms with Gasteiger partial charge < -0.3 is 10.1 Å². The highest BCUT2D eigenvalue weighted by Gasteiger charge is 2.31. The van der Waals surface area contributed by atoms with Crippen LogP contribution < -0.4 is 15.4 Å². The van der Waals surface area contributed by atoms with Crippen molar-refractivity contribution in [3.8, 4) is 5.75 Å². The fraction of sp³-hybridized carbons (Fsp3) is 0.273. The number of rotatable bonds is 4. The summed E-state index contributed by atoms with van der Waals surface area (Å²) in [5.41, 5.74) is 0.774. The number of hydrogen-bond donors (Lipinski definition) is 2. The Labute approximate surface area is 103 Å². The predicted molar refractivity (Wildman–Crippen MR) is 66.2 cm³/mol. The van der Waals surface area contributed by atoms with E-state index in [4.69, 9.17) is 4.74 Å². The lowest BCUT2D eigenvalue weighted by Crippen LogP contribution is -2.29. The van der Waals surface area contributed by atoms with Crippen LogP contribution in [-0.2, 0) is 4.79 Å². The Balaban J connectivity index is 1.99. The van der Waals surface area contributed by atoms with E-state index in [9.17, 15) is 9.59 Å². The summed E-state index contributed by atoms with van der Waals surface area (Å²) >= 11 is 0.941. The van der Waals surface area contributed by atoms with Gasteiger partial charge in [-0.3, -0.25) is 14.9 Å². The van der Waals surface area contributed by atoms with Crippen LogP contribution in [0.25, 0.3) is 0 Å². The quantitative estimate of drug-likeness (QED) is 0.855. The minimum Gasteiger partial charge on any atom is -0.494 e. The molecule has 1 aliphatic rings. The van der Waals surface area contributed by atoms with E-state index in [1.165, 1.54) is 0 Å². The van der Waals surface area contributed by atoms with Crippen molar-refractivity contribution in [1.82, 2.24) is 5.32 Å². The molecule has 2 rings (SSSR count). The molecule has 2 N–H and O–H groups in total. The van der Waals surface area contributed by atoms with Crippen molar-refractivity contribution in [2.75, 3.05) is 11.9 Å². The number of carbonyl (C=O) groups is 2. The molecular weight excluding hydrogens is 240 g/mol. The lowest BCUT2D eigenvalue weighted by Gasteiger charge is -2.10. The summed E-state index contributed by atoms with van der Waals surface area (Å²) in [7, 11) is 0. The third-order valence-corrected chi connectivity index (χ3v) is 3.04. The van der Waals surface area contributed by atoms with Gasteiger partial charge in [-0.1, -0.05) is 0 Å². The standard InChI is InChI=1S/C11H12N2O3S/c1-2-16-8-5-3-7(4-6-8)12-10-9(14)13-11(15)17-10/h3-6,10,12H,2H2,1H3,(H,13,14,15)/t10-/m1/s1. The van der Waals surface area contributed by atoms with Gasteiger partial charge in [0.05, 0.1) is 6.61 Å². The summed E-state index contributed by atoms with van der Waals surface area (Å²) in [5, 5.41) is 4.31. The van der Waals surface area contributed by atoms with Crippen LogP contribution in [0, 0.1) is 0 Å². The SMILES string of the molecule is CCOc1ccc(N[C@@H]2SC(=O)NC2=O)cc1. The molecular formula is C11H12N2O3S. The van der Waals surface area contributed by atoms with Gasteiger partial charge in [0.15, 0.2) is 5.37 Å². The molecule has 0 saturated carbocycles. The highest BCUT2D eigenvalue weighted by atomic mass is 32.2. The number of amides is 2. The Morgan fingerprint density at radius 3 is 2.59 bits per heavy atom. The van der Waals surface area contributed by atoms with E-state index in [-0.39, 0.29) is 11.1 Å². The molecule has 2 amide bonds. The average Bonchev–Trinajstić information content (AvgIpc) is 2.61. The van der Waals surface area contributed by atoms with E-state index in [0.717, 1.165) is 23.2 Å². The molecule has 0 bridgehead atoms. The molecule has 5 nitrogen and oxygen atoms in total. The molecule has 6 heteroatoms. The molecule has 0 spiro atoms. The summed E-state index contributed by atoms with van der Waals surface area (Å²) in [4.78, 5) is 22.3. The first-order valence-electron chi connectivity index (χ1n) is 5.20. The van der Waals surface area contributed by atoms with Crippen molar-refractivity contribution in [2.45, 2.75) is 12.3 Å². The zero-order valence-corrected chi connectivity index (χ0v) is 10.0. The predicted octanol–water partition coefficient (Wildman–Crippen LogP) is 1.81. The summed E-state index contributed by atoms with van der Waals surface area (Å²) < 4.78 is 5.30. The lowest BCUT2D eigenvalue weighted by atomic mass is 10.3. The average molecular weight is 252 g/mol. The number of anilines is 1. The van der Waals surface area contributed by atoms with E-state index < -0.39 is 5.37 Å². The Morgan fingerprint density at radius 1 is 1.35 bits per heavy atom. The number of thioether (sulfide) groups is 1. The molecule has 1 saturated heterocycles. The van der Waals surface area contributed by atoms with Gasteiger partial charge in [-0.25, -0.2) is 0 Å². The second-order valence-corrected chi connectivity index (χ2v) is 4.45. The van der Waals surface area contributed by atoms with Crippen LogP contribution in [0.2, 0.25) is 0 Å². The molecule has 0 radical (unpaired) electrons. The van der Waals surface area contributed by atoms with Crippen LogP contribution in [0.5, 0.6) is 5.75 Å². The minimum atomic E-state index is -0.555. The van der Waals surface area contributed by atoms with Gasteiger partial charge in [-0.05, 0) is 43.0 Å². The number of benzene rings is 1. The molecule has 0 aromatic heterocycles. The molecule has 90 valence electrons. The van der Waals surface area contributed by atoms with Gasteiger partial charge in [0.25, 0.3) is 11.1 Å². The summed E-state index contributed by atoms with van der Waals surface area (Å²) in [6, 6.07) is 7.24. The maximum Gasteiger partial charge on any atom is 0.288 e. The van der Waals surface area contributed by atoms with Gasteiger partial charge in [0.2, 0.25) is 0 Å². The summed E-state index contributed by atoms with van der Waals surface area (Å²) in [6.07, 6.45) is 0. The van der Waals surface area contributed by atoms with Crippen LogP contribution in [0.3, 0.4) is 0 Å². The molecule has 0 unspecified atom stereocenters. The number of imide groups is 1. The van der Waals surface area contributed by atoms with Crippen molar-refractivity contribution in [1.29, 1.82) is 0 Å². The molecule has 1 aromatic carbocycles. The Morgan fingerprint density at radius 2 is 2.06 bits per heavy atom. The maximum atomic E-state index is 11.3. The van der Waals surface area contributed by atoms with E-state index in [1.54, 1.807) is 0 Å². The zero-order chi connectivity index (χ0) is 12.3. The van der Waals surface area contributed by atoms with Crippen molar-refractivity contribution in [2.24, 2.45) is 0 Å². The van der Waals surface area contributed by atoms with Crippen molar-refractivity contribution in [3.05, 3.63) is 24.3 Å². The smallest absolute Gasteiger partial charge is 0.288 e. The van der Waals surface area contributed by atoms with Crippen molar-refractivity contribution < 1.29 is 14.3 Å². The van der Waals surface area contributed by atoms with Crippen molar-refractivity contribution >= 4 is 28.6 Å². The molecule has 0 aliphatic carbocycles. The van der Waals surface area contributed by atoms with Crippen LogP contribution in [-0.4, -0.2) is 23.1 Å². The second-order valence-electron chi connectivity index (χ2n) is 3.38. The first-order chi connectivity index (χ1) is 8.19. The number of ether oxygens (including phenoxy) is 1. The van der Waals surface area contributed by atoms with Crippen LogP contribution in [0.15, 0.2) is 24.3 Å². The Hall–Kier alpha value is -1.69. The first kappa shape index (κ1) is 11.8. The molecule has 1 atom stereocenters. The first-order valence-corrected chi connectivity index (χ1v) is 6.08. The highest BCUT2D eigenvalue weighted by molar-refractivity contribution is 8.15. The molecule has 1 aromatic rings. The zero-order valence-electron chi connectivity index (χ0n) is 9.23. The van der Waals surface area contributed by atoms with Gasteiger partial charge in [-0.2, -0.15) is 0 Å². The minimum absolute atomic E-state index is 0.311. The van der Waals surface area contributed by atoms with Gasteiger partial charge in [-0.15, -0.1) is 0 Å². The number of nitrogens with one attached hydrogen (secondary N) is 2. The highest BCUT2D eigenvalue weighted by Crippen LogP contribution is 2.23. The summed E-state index contributed by atoms with van der Waals surface area (Å²) in [6.45, 7) is 2.53. The van der Waals surface area contributed by atoms with Crippen LogP contribution in [0.1, 0.15) is 6.92 Å². The largest absolute Gasteiger partial charge is 0.494 e. The van der Waals surface area contributed by atoms with Gasteiger partial charge in [0.1, 0.15) is 5.75 Å². The monoisotopic (exact) mass is 252 g/mol. The molecule has 17 heavy (non-hydrogen) atoms. The fourth-order valence-corrected chi connectivity index (χ4v) is 2.15.